The van der Waals surface area contributed by atoms with Gasteiger partial charge < -0.3 is 4.74 Å². The molecule has 0 N–H and O–H groups in total. The van der Waals surface area contributed by atoms with E-state index in [1.807, 2.05) is 0 Å². The number of amides is 2. The van der Waals surface area contributed by atoms with Gasteiger partial charge in [-0.2, -0.15) is 0 Å². The number of carbonyl (C=O) groups excluding carboxylic acids is 3. The number of hydrogen-bond donors (Lipinski definition) is 0. The van der Waals surface area contributed by atoms with Gasteiger partial charge in [0.15, 0.2) is 0 Å². The number of likely N-dealkylation sites (tertiary alicyclic amines) is 1. The Bertz CT molecular complexity index is 674. The Hall–Kier alpha value is -1.88. The highest BCUT2D eigenvalue weighted by molar-refractivity contribution is 6.30. The number of halogens is 1. The summed E-state index contributed by atoms with van der Waals surface area (Å²) < 4.78 is 5.73. The molecule has 1 unspecified atom stereocenters. The van der Waals surface area contributed by atoms with Gasteiger partial charge in [-0.05, 0) is 55.4 Å². The highest BCUT2D eigenvalue weighted by atomic mass is 35.5. The Kier molecular flexibility index (Phi) is 7.42. The van der Waals surface area contributed by atoms with Crippen molar-refractivity contribution >= 4 is 29.4 Å². The summed E-state index contributed by atoms with van der Waals surface area (Å²) in [4.78, 5) is 38.9. The second kappa shape index (κ2) is 9.36. The predicted octanol–water partition coefficient (Wildman–Crippen LogP) is 4.48. The normalized spacial score (nSPS) is 17.3. The van der Waals surface area contributed by atoms with Crippen LogP contribution in [0.3, 0.4) is 0 Å². The van der Waals surface area contributed by atoms with Gasteiger partial charge in [-0.25, -0.2) is 4.79 Å². The van der Waals surface area contributed by atoms with E-state index in [1.54, 1.807) is 24.3 Å². The number of esters is 1. The van der Waals surface area contributed by atoms with E-state index in [1.165, 1.54) is 0 Å². The van der Waals surface area contributed by atoms with Crippen LogP contribution in [0.5, 0.6) is 0 Å². The molecule has 6 heteroatoms. The average Bonchev–Trinajstić information content (AvgIpc) is 2.95. The quantitative estimate of drug-likeness (QED) is 0.506. The Morgan fingerprint density at radius 3 is 2.19 bits per heavy atom. The molecule has 0 aromatic heterocycles. The SMILES string of the molecule is CC(C)CC(CC(C)C)OC(=O)C1CCC(=O)N1C(=O)c1ccc(Cl)cc1. The van der Waals surface area contributed by atoms with E-state index in [0.29, 0.717) is 28.8 Å². The Morgan fingerprint density at radius 1 is 1.11 bits per heavy atom. The third-order valence-corrected chi connectivity index (χ3v) is 4.80. The minimum atomic E-state index is -0.859. The maximum absolute atomic E-state index is 12.8. The summed E-state index contributed by atoms with van der Waals surface area (Å²) in [5.74, 6) is -0.548. The van der Waals surface area contributed by atoms with Crippen LogP contribution in [0, 0.1) is 11.8 Å². The minimum absolute atomic E-state index is 0.165. The van der Waals surface area contributed by atoms with Crippen molar-refractivity contribution in [2.24, 2.45) is 11.8 Å². The van der Waals surface area contributed by atoms with E-state index in [-0.39, 0.29) is 18.4 Å². The van der Waals surface area contributed by atoms with Crippen molar-refractivity contribution in [2.75, 3.05) is 0 Å². The van der Waals surface area contributed by atoms with Gasteiger partial charge in [0, 0.05) is 17.0 Å². The smallest absolute Gasteiger partial charge is 0.329 e. The summed E-state index contributed by atoms with van der Waals surface area (Å²) >= 11 is 5.86. The van der Waals surface area contributed by atoms with Crippen LogP contribution in [0.25, 0.3) is 0 Å². The molecule has 1 aliphatic rings. The van der Waals surface area contributed by atoms with E-state index in [0.717, 1.165) is 17.7 Å². The van der Waals surface area contributed by atoms with Crippen molar-refractivity contribution in [1.82, 2.24) is 4.90 Å². The third kappa shape index (κ3) is 5.80. The molecule has 1 atom stereocenters. The zero-order valence-corrected chi connectivity index (χ0v) is 17.2. The molecule has 1 fully saturated rings. The van der Waals surface area contributed by atoms with Gasteiger partial charge in [0.1, 0.15) is 12.1 Å². The molecule has 0 saturated carbocycles. The second-order valence-electron chi connectivity index (χ2n) is 7.95. The van der Waals surface area contributed by atoms with Crippen LogP contribution >= 0.6 is 11.6 Å². The highest BCUT2D eigenvalue weighted by Crippen LogP contribution is 2.25. The molecular formula is C21H28ClNO4. The lowest BCUT2D eigenvalue weighted by atomic mass is 9.98. The van der Waals surface area contributed by atoms with Crippen molar-refractivity contribution in [2.45, 2.75) is 65.5 Å². The summed E-state index contributed by atoms with van der Waals surface area (Å²) in [5.41, 5.74) is 0.327. The maximum Gasteiger partial charge on any atom is 0.329 e. The largest absolute Gasteiger partial charge is 0.461 e. The van der Waals surface area contributed by atoms with Crippen molar-refractivity contribution in [3.05, 3.63) is 34.9 Å². The van der Waals surface area contributed by atoms with E-state index < -0.39 is 17.9 Å². The van der Waals surface area contributed by atoms with Gasteiger partial charge in [0.2, 0.25) is 5.91 Å². The lowest BCUT2D eigenvalue weighted by molar-refractivity contribution is -0.156. The van der Waals surface area contributed by atoms with E-state index in [9.17, 15) is 14.4 Å². The lowest BCUT2D eigenvalue weighted by Crippen LogP contribution is -2.44. The highest BCUT2D eigenvalue weighted by Gasteiger charge is 2.42. The first-order chi connectivity index (χ1) is 12.7. The van der Waals surface area contributed by atoms with Gasteiger partial charge in [-0.1, -0.05) is 39.3 Å². The first-order valence-electron chi connectivity index (χ1n) is 9.51. The Balaban J connectivity index is 2.14. The van der Waals surface area contributed by atoms with Crippen LogP contribution in [0.1, 0.15) is 63.7 Å². The lowest BCUT2D eigenvalue weighted by Gasteiger charge is -2.26. The van der Waals surface area contributed by atoms with Gasteiger partial charge in [0.05, 0.1) is 0 Å². The maximum atomic E-state index is 12.8. The molecular weight excluding hydrogens is 366 g/mol. The number of carbonyl (C=O) groups is 3. The molecule has 2 rings (SSSR count). The monoisotopic (exact) mass is 393 g/mol. The van der Waals surface area contributed by atoms with Crippen molar-refractivity contribution in [3.63, 3.8) is 0 Å². The molecule has 1 aliphatic heterocycles. The van der Waals surface area contributed by atoms with E-state index >= 15 is 0 Å². The molecule has 0 radical (unpaired) electrons. The molecule has 1 aromatic carbocycles. The number of rotatable bonds is 7. The van der Waals surface area contributed by atoms with Crippen LogP contribution in [0.2, 0.25) is 5.02 Å². The first-order valence-corrected chi connectivity index (χ1v) is 9.89. The van der Waals surface area contributed by atoms with Crippen LogP contribution in [-0.2, 0) is 14.3 Å². The minimum Gasteiger partial charge on any atom is -0.461 e. The topological polar surface area (TPSA) is 63.7 Å². The molecule has 0 aliphatic carbocycles. The fraction of sp³-hybridized carbons (Fsp3) is 0.571. The third-order valence-electron chi connectivity index (χ3n) is 4.55. The van der Waals surface area contributed by atoms with Gasteiger partial charge in [-0.15, -0.1) is 0 Å². The van der Waals surface area contributed by atoms with Crippen LogP contribution in [0.15, 0.2) is 24.3 Å². The summed E-state index contributed by atoms with van der Waals surface area (Å²) in [6.45, 7) is 8.32. The summed E-state index contributed by atoms with van der Waals surface area (Å²) in [7, 11) is 0. The molecule has 2 amide bonds. The molecule has 5 nitrogen and oxygen atoms in total. The molecule has 0 spiro atoms. The average molecular weight is 394 g/mol. The standard InChI is InChI=1S/C21H28ClNO4/c1-13(2)11-17(12-14(3)4)27-21(26)18-9-10-19(24)23(18)20(25)15-5-7-16(22)8-6-15/h5-8,13-14,17-18H,9-12H2,1-4H3. The molecule has 1 heterocycles. The number of imide groups is 1. The van der Waals surface area contributed by atoms with Gasteiger partial charge >= 0.3 is 5.97 Å². The van der Waals surface area contributed by atoms with Crippen LogP contribution < -0.4 is 0 Å². The number of benzene rings is 1. The van der Waals surface area contributed by atoms with Crippen LogP contribution in [0.4, 0.5) is 0 Å². The second-order valence-corrected chi connectivity index (χ2v) is 8.38. The molecule has 148 valence electrons. The predicted molar refractivity (Wildman–Crippen MR) is 104 cm³/mol. The van der Waals surface area contributed by atoms with Gasteiger partial charge in [0.25, 0.3) is 5.91 Å². The van der Waals surface area contributed by atoms with E-state index in [2.05, 4.69) is 27.7 Å². The fourth-order valence-corrected chi connectivity index (χ4v) is 3.51. The molecule has 27 heavy (non-hydrogen) atoms. The van der Waals surface area contributed by atoms with Crippen molar-refractivity contribution in [3.8, 4) is 0 Å². The van der Waals surface area contributed by atoms with Crippen molar-refractivity contribution in [1.29, 1.82) is 0 Å². The zero-order chi connectivity index (χ0) is 20.1. The molecule has 0 bridgehead atoms. The summed E-state index contributed by atoms with van der Waals surface area (Å²) in [6.07, 6.45) is 1.78. The Labute approximate surface area is 166 Å². The number of nitrogens with zero attached hydrogens (tertiary/aromatic N) is 1. The fourth-order valence-electron chi connectivity index (χ4n) is 3.38. The Morgan fingerprint density at radius 2 is 1.67 bits per heavy atom. The van der Waals surface area contributed by atoms with E-state index in [4.69, 9.17) is 16.3 Å². The summed E-state index contributed by atoms with van der Waals surface area (Å²) in [5, 5.41) is 0.500. The van der Waals surface area contributed by atoms with Gasteiger partial charge in [-0.3, -0.25) is 14.5 Å². The first kappa shape index (κ1) is 21.4. The molecule has 1 saturated heterocycles. The molecule has 1 aromatic rings. The van der Waals surface area contributed by atoms with Crippen molar-refractivity contribution < 1.29 is 19.1 Å². The zero-order valence-electron chi connectivity index (χ0n) is 16.4. The number of ether oxygens (including phenoxy) is 1. The summed E-state index contributed by atoms with van der Waals surface area (Å²) in [6, 6.07) is 5.42. The van der Waals surface area contributed by atoms with Crippen LogP contribution in [-0.4, -0.2) is 34.8 Å². The number of hydrogen-bond acceptors (Lipinski definition) is 4.